The topological polar surface area (TPSA) is 94.1 Å². The molecule has 0 aromatic carbocycles. The largest absolute Gasteiger partial charge is 1.00 e. The Morgan fingerprint density at radius 1 is 0.593 bits per heavy atom. The van der Waals surface area contributed by atoms with Crippen LogP contribution in [0.1, 0.15) is 71.1 Å². The quantitative estimate of drug-likeness (QED) is 0.111. The molecule has 0 atom stereocenters. The maximum atomic E-state index is 10.2. The number of hydrogen-bond acceptors (Lipinski definition) is 7. The van der Waals surface area contributed by atoms with Crippen molar-refractivity contribution >= 4 is 10.4 Å². The van der Waals surface area contributed by atoms with Gasteiger partial charge in [-0.1, -0.05) is 64.7 Å². The van der Waals surface area contributed by atoms with Crippen LogP contribution in [0.15, 0.2) is 0 Å². The molecule has 0 aromatic rings. The summed E-state index contributed by atoms with van der Waals surface area (Å²) >= 11 is 0. The Bertz CT molecular complexity index is 380. The molecule has 0 saturated carbocycles. The van der Waals surface area contributed by atoms with Crippen molar-refractivity contribution < 1.29 is 82.7 Å². The number of hydrogen-bond donors (Lipinski definition) is 0. The van der Waals surface area contributed by atoms with Crippen LogP contribution in [0.25, 0.3) is 0 Å². The normalized spacial score (nSPS) is 11.5. The van der Waals surface area contributed by atoms with E-state index in [-0.39, 0.29) is 64.6 Å². The summed E-state index contributed by atoms with van der Waals surface area (Å²) in [6.07, 6.45) is 13.2. The molecule has 0 rings (SSSR count). The predicted octanol–water partition coefficient (Wildman–Crippen LogP) is 0.438. The summed E-state index contributed by atoms with van der Waals surface area (Å²) in [5, 5.41) is 0. The van der Waals surface area contributed by atoms with Crippen LogP contribution in [0.2, 0.25) is 0 Å². The molecule has 0 spiro atoms. The molecule has 0 saturated heterocycles. The van der Waals surface area contributed by atoms with Crippen LogP contribution in [0, 0.1) is 0 Å². The fraction of sp³-hybridized carbons (Fsp3) is 1.00. The van der Waals surface area contributed by atoms with Gasteiger partial charge in [-0.15, -0.1) is 0 Å². The second-order valence-corrected chi connectivity index (χ2v) is 7.30. The minimum Gasteiger partial charge on any atom is -0.726 e. The monoisotopic (exact) mass is 436 g/mol. The Kier molecular flexibility index (Phi) is 26.8. The Morgan fingerprint density at radius 2 is 0.963 bits per heavy atom. The van der Waals surface area contributed by atoms with E-state index in [0.717, 1.165) is 13.0 Å². The van der Waals surface area contributed by atoms with E-state index in [1.165, 1.54) is 57.8 Å². The average molecular weight is 437 g/mol. The second-order valence-electron chi connectivity index (χ2n) is 6.25. The van der Waals surface area contributed by atoms with Gasteiger partial charge in [-0.2, -0.15) is 0 Å². The van der Waals surface area contributed by atoms with E-state index in [2.05, 4.69) is 11.1 Å². The summed E-state index contributed by atoms with van der Waals surface area (Å²) in [5.41, 5.74) is 0. The summed E-state index contributed by atoms with van der Waals surface area (Å²) in [6.45, 7) is 4.58. The van der Waals surface area contributed by atoms with E-state index >= 15 is 0 Å². The predicted molar refractivity (Wildman–Crippen MR) is 100.0 cm³/mol. The van der Waals surface area contributed by atoms with E-state index in [0.29, 0.717) is 26.4 Å². The van der Waals surface area contributed by atoms with Gasteiger partial charge in [-0.3, -0.25) is 4.18 Å². The third-order valence-electron chi connectivity index (χ3n) is 3.84. The molecule has 9 heteroatoms. The Labute approximate surface area is 208 Å². The molecule has 27 heavy (non-hydrogen) atoms. The van der Waals surface area contributed by atoms with Crippen LogP contribution in [0.3, 0.4) is 0 Å². The smallest absolute Gasteiger partial charge is 0.726 e. The van der Waals surface area contributed by atoms with Crippen molar-refractivity contribution in [3.05, 3.63) is 0 Å². The molecule has 7 nitrogen and oxygen atoms in total. The molecule has 0 amide bonds. The molecule has 0 N–H and O–H groups in total. The Morgan fingerprint density at radius 3 is 1.41 bits per heavy atom. The number of unbranched alkanes of at least 4 members (excludes halogenated alkanes) is 9. The summed E-state index contributed by atoms with van der Waals surface area (Å²) in [6, 6.07) is 0. The second kappa shape index (κ2) is 23.7. The van der Waals surface area contributed by atoms with Crippen LogP contribution >= 0.6 is 0 Å². The first-order valence-corrected chi connectivity index (χ1v) is 11.2. The molecule has 0 aliphatic heterocycles. The molecular weight excluding hydrogens is 399 g/mol. The van der Waals surface area contributed by atoms with Gasteiger partial charge in [0.15, 0.2) is 0 Å². The maximum Gasteiger partial charge on any atom is 1.00 e. The van der Waals surface area contributed by atoms with Gasteiger partial charge in [0.1, 0.15) is 0 Å². The molecule has 0 radical (unpaired) electrons. The molecule has 0 heterocycles. The van der Waals surface area contributed by atoms with E-state index in [4.69, 9.17) is 14.2 Å². The summed E-state index contributed by atoms with van der Waals surface area (Å²) in [7, 11) is -4.63. The number of rotatable bonds is 21. The van der Waals surface area contributed by atoms with Crippen molar-refractivity contribution in [2.24, 2.45) is 0 Å². The third kappa shape index (κ3) is 29.7. The first-order chi connectivity index (χ1) is 12.6. The van der Waals surface area contributed by atoms with Crippen molar-refractivity contribution in [2.45, 2.75) is 71.1 Å². The van der Waals surface area contributed by atoms with Crippen molar-refractivity contribution in [1.29, 1.82) is 0 Å². The van der Waals surface area contributed by atoms with E-state index < -0.39 is 10.4 Å². The van der Waals surface area contributed by atoms with Crippen LogP contribution in [-0.2, 0) is 28.8 Å². The summed E-state index contributed by atoms with van der Waals surface area (Å²) in [5.74, 6) is 0. The third-order valence-corrected chi connectivity index (χ3v) is 4.30. The van der Waals surface area contributed by atoms with Crippen molar-refractivity contribution in [3.63, 3.8) is 0 Å². The molecule has 0 bridgehead atoms. The molecule has 0 fully saturated rings. The summed E-state index contributed by atoms with van der Waals surface area (Å²) in [4.78, 5) is 0. The van der Waals surface area contributed by atoms with E-state index in [9.17, 15) is 13.0 Å². The number of ether oxygens (including phenoxy) is 3. The fourth-order valence-electron chi connectivity index (χ4n) is 2.43. The molecule has 0 aliphatic carbocycles. The Hall–Kier alpha value is 1.39. The van der Waals surface area contributed by atoms with Gasteiger partial charge in [0, 0.05) is 6.61 Å². The van der Waals surface area contributed by atoms with Crippen LogP contribution in [0.4, 0.5) is 0 Å². The van der Waals surface area contributed by atoms with Gasteiger partial charge >= 0.3 is 51.4 Å². The van der Waals surface area contributed by atoms with Crippen LogP contribution < -0.4 is 51.4 Å². The SMILES string of the molecule is CCCCCCCCCCCCOCCOCCOCCOS(=O)(=O)[O-].[K+]. The zero-order valence-corrected chi connectivity index (χ0v) is 21.2. The van der Waals surface area contributed by atoms with Crippen LogP contribution in [-0.4, -0.2) is 59.2 Å². The summed E-state index contributed by atoms with van der Waals surface area (Å²) < 4.78 is 50.3. The molecule has 0 aromatic heterocycles. The first kappa shape index (κ1) is 30.6. The van der Waals surface area contributed by atoms with Gasteiger partial charge in [0.25, 0.3) is 0 Å². The molecule has 158 valence electrons. The minimum atomic E-state index is -4.63. The zero-order chi connectivity index (χ0) is 19.3. The van der Waals surface area contributed by atoms with Crippen LogP contribution in [0.5, 0.6) is 0 Å². The van der Waals surface area contributed by atoms with Crippen molar-refractivity contribution in [3.8, 4) is 0 Å². The van der Waals surface area contributed by atoms with Gasteiger partial charge < -0.3 is 18.8 Å². The van der Waals surface area contributed by atoms with Gasteiger partial charge in [-0.25, -0.2) is 8.42 Å². The Balaban J connectivity index is 0. The molecule has 0 unspecified atom stereocenters. The first-order valence-electron chi connectivity index (χ1n) is 9.89. The minimum absolute atomic E-state index is 0. The standard InChI is InChI=1S/C18H38O7S.K/c1-2-3-4-5-6-7-8-9-10-11-12-22-13-14-23-15-16-24-17-18-25-26(19,20)21;/h2-18H2,1H3,(H,19,20,21);/q;+1/p-1. The maximum absolute atomic E-state index is 10.2. The zero-order valence-electron chi connectivity index (χ0n) is 17.3. The van der Waals surface area contributed by atoms with Crippen molar-refractivity contribution in [2.75, 3.05) is 46.2 Å². The van der Waals surface area contributed by atoms with Gasteiger partial charge in [0.2, 0.25) is 10.4 Å². The molecule has 0 aliphatic rings. The van der Waals surface area contributed by atoms with Gasteiger partial charge in [0.05, 0.1) is 39.6 Å². The molecular formula is C18H37KO7S. The van der Waals surface area contributed by atoms with Gasteiger partial charge in [-0.05, 0) is 6.42 Å². The van der Waals surface area contributed by atoms with E-state index in [1.807, 2.05) is 0 Å². The fourth-order valence-corrected chi connectivity index (χ4v) is 2.70. The van der Waals surface area contributed by atoms with Crippen molar-refractivity contribution in [1.82, 2.24) is 0 Å². The average Bonchev–Trinajstić information content (AvgIpc) is 2.59. The van der Waals surface area contributed by atoms with E-state index in [1.54, 1.807) is 0 Å².